The van der Waals surface area contributed by atoms with Gasteiger partial charge in [0, 0.05) is 36.9 Å². The molecule has 0 aromatic carbocycles. The SMILES string of the molecule is C.C.CO[C@@H]1C[C@H]2[C@@H](CC[C@H]3C[C@](C)(O)CC[C@@]32C)[C@@H]2CC[C@H](C(=O)Cn3nnc(C)n3)[C@@]12C.CO[C@@H]1C[C@H]2[C@@H](CC[C@H]3C[C@](C)(O)CC[C@@]32C)[C@@H]2CC[C@H](C(=O)Cn3nnnc3C)[C@@]12C. The lowest BCUT2D eigenvalue weighted by molar-refractivity contribution is -0.188. The van der Waals surface area contributed by atoms with E-state index >= 15 is 0 Å². The number of hydrogen-bond acceptors (Lipinski definition) is 12. The van der Waals surface area contributed by atoms with Gasteiger partial charge in [0.1, 0.15) is 18.9 Å². The van der Waals surface area contributed by atoms with Crippen LogP contribution in [0.3, 0.4) is 0 Å². The van der Waals surface area contributed by atoms with E-state index in [2.05, 4.69) is 58.6 Å². The Kier molecular flexibility index (Phi) is 14.1. The molecule has 8 aliphatic carbocycles. The third kappa shape index (κ3) is 8.26. The molecule has 0 bridgehead atoms. The fraction of sp³-hybridized carbons (Fsp3) is 0.923. The van der Waals surface area contributed by atoms with Gasteiger partial charge in [0.25, 0.3) is 0 Å². The van der Waals surface area contributed by atoms with Crippen LogP contribution in [0.1, 0.15) is 171 Å². The number of methoxy groups -OCH3 is 2. The summed E-state index contributed by atoms with van der Waals surface area (Å²) in [5, 5.41) is 45.4. The Bertz CT molecular complexity index is 2050. The highest BCUT2D eigenvalue weighted by Gasteiger charge is 2.67. The summed E-state index contributed by atoms with van der Waals surface area (Å²) in [7, 11) is 3.68. The highest BCUT2D eigenvalue weighted by molar-refractivity contribution is 5.82. The van der Waals surface area contributed by atoms with E-state index in [9.17, 15) is 19.8 Å². The molecule has 0 amide bonds. The van der Waals surface area contributed by atoms with Crippen molar-refractivity contribution in [3.8, 4) is 0 Å². The first-order valence-corrected chi connectivity index (χ1v) is 25.2. The van der Waals surface area contributed by atoms with Crippen LogP contribution in [0.5, 0.6) is 0 Å². The maximum atomic E-state index is 13.5. The number of carbonyl (C=O) groups is 2. The molecule has 0 unspecified atom stereocenters. The van der Waals surface area contributed by atoms with Crippen LogP contribution in [0.15, 0.2) is 0 Å². The molecule has 0 spiro atoms. The van der Waals surface area contributed by atoms with Crippen molar-refractivity contribution < 1.29 is 29.3 Å². The van der Waals surface area contributed by atoms with Gasteiger partial charge in [0.2, 0.25) is 0 Å². The molecule has 2 heterocycles. The molecular weight excluding hydrogens is 833 g/mol. The molecule has 8 saturated carbocycles. The molecule has 14 heteroatoms. The van der Waals surface area contributed by atoms with E-state index in [1.807, 2.05) is 35.0 Å². The van der Waals surface area contributed by atoms with Crippen molar-refractivity contribution in [2.45, 2.75) is 209 Å². The normalized spacial score (nSPS) is 46.6. The third-order valence-corrected chi connectivity index (χ3v) is 21.3. The fourth-order valence-corrected chi connectivity index (χ4v) is 17.8. The Balaban J connectivity index is 0.000000191. The lowest BCUT2D eigenvalue weighted by Crippen LogP contribution is -2.60. The Morgan fingerprint density at radius 1 is 0.621 bits per heavy atom. The zero-order valence-electron chi connectivity index (χ0n) is 40.8. The number of tetrazole rings is 2. The smallest absolute Gasteiger partial charge is 0.171 e. The van der Waals surface area contributed by atoms with Gasteiger partial charge in [-0.2, -0.15) is 4.80 Å². The van der Waals surface area contributed by atoms with E-state index in [1.165, 1.54) is 30.5 Å². The number of aromatic nitrogens is 8. The number of Topliss-reactive ketones (excluding diaryl/α,β-unsaturated/α-hetero) is 2. The van der Waals surface area contributed by atoms with Crippen molar-refractivity contribution in [2.24, 2.45) is 80.8 Å². The largest absolute Gasteiger partial charge is 0.390 e. The number of nitrogens with zero attached hydrogens (tertiary/aromatic N) is 8. The van der Waals surface area contributed by atoms with Gasteiger partial charge in [-0.15, -0.1) is 15.3 Å². The van der Waals surface area contributed by atoms with E-state index in [0.717, 1.165) is 77.0 Å². The van der Waals surface area contributed by atoms with E-state index in [4.69, 9.17) is 9.47 Å². The van der Waals surface area contributed by atoms with Crippen LogP contribution >= 0.6 is 0 Å². The number of rotatable bonds is 8. The Morgan fingerprint density at radius 2 is 1.09 bits per heavy atom. The van der Waals surface area contributed by atoms with Crippen molar-refractivity contribution in [2.75, 3.05) is 14.2 Å². The van der Waals surface area contributed by atoms with Crippen LogP contribution in [0.25, 0.3) is 0 Å². The maximum Gasteiger partial charge on any atom is 0.171 e. The topological polar surface area (TPSA) is 180 Å². The number of hydrogen-bond donors (Lipinski definition) is 2. The summed E-state index contributed by atoms with van der Waals surface area (Å²) in [6.07, 6.45) is 17.1. The average Bonchev–Trinajstić information content (AvgIpc) is 4.03. The van der Waals surface area contributed by atoms with Gasteiger partial charge in [0.15, 0.2) is 17.4 Å². The Morgan fingerprint density at radius 3 is 1.50 bits per heavy atom. The second-order valence-corrected chi connectivity index (χ2v) is 24.3. The van der Waals surface area contributed by atoms with Gasteiger partial charge in [-0.05, 0) is 204 Å². The fourth-order valence-electron chi connectivity index (χ4n) is 17.8. The molecule has 0 aliphatic heterocycles. The molecule has 2 N–H and O–H groups in total. The summed E-state index contributed by atoms with van der Waals surface area (Å²) < 4.78 is 14.1. The highest BCUT2D eigenvalue weighted by atomic mass is 16.5. The van der Waals surface area contributed by atoms with Crippen LogP contribution in [0.2, 0.25) is 0 Å². The van der Waals surface area contributed by atoms with Crippen molar-refractivity contribution in [1.82, 2.24) is 40.4 Å². The van der Waals surface area contributed by atoms with E-state index < -0.39 is 11.2 Å². The first kappa shape index (κ1) is 51.2. The monoisotopic (exact) mass is 921 g/mol. The average molecular weight is 921 g/mol. The molecular formula is C52H88N8O6. The van der Waals surface area contributed by atoms with Crippen LogP contribution in [0, 0.1) is 94.7 Å². The summed E-state index contributed by atoms with van der Waals surface area (Å²) in [5.74, 6) is 6.52. The van der Waals surface area contributed by atoms with E-state index in [-0.39, 0.29) is 85.2 Å². The molecule has 2 aromatic rings. The zero-order valence-corrected chi connectivity index (χ0v) is 40.8. The minimum absolute atomic E-state index is 0. The van der Waals surface area contributed by atoms with Crippen molar-refractivity contribution in [3.63, 3.8) is 0 Å². The molecule has 14 nitrogen and oxygen atoms in total. The molecule has 18 atom stereocenters. The number of ketones is 2. The second-order valence-electron chi connectivity index (χ2n) is 24.3. The quantitative estimate of drug-likeness (QED) is 0.258. The third-order valence-electron chi connectivity index (χ3n) is 21.3. The number of aryl methyl sites for hydroxylation is 2. The van der Waals surface area contributed by atoms with Crippen molar-refractivity contribution in [3.05, 3.63) is 11.6 Å². The van der Waals surface area contributed by atoms with Crippen LogP contribution in [-0.4, -0.2) is 99.8 Å². The van der Waals surface area contributed by atoms with Crippen LogP contribution < -0.4 is 0 Å². The molecule has 0 radical (unpaired) electrons. The lowest BCUT2D eigenvalue weighted by Gasteiger charge is -2.63. The maximum absolute atomic E-state index is 13.5. The summed E-state index contributed by atoms with van der Waals surface area (Å²) in [5.41, 5.74) is -0.744. The molecule has 372 valence electrons. The summed E-state index contributed by atoms with van der Waals surface area (Å²) in [6.45, 7) is 17.8. The molecule has 8 fully saturated rings. The van der Waals surface area contributed by atoms with Gasteiger partial charge in [-0.1, -0.05) is 42.5 Å². The Labute approximate surface area is 396 Å². The predicted octanol–water partition coefficient (Wildman–Crippen LogP) is 8.44. The van der Waals surface area contributed by atoms with Gasteiger partial charge in [-0.3, -0.25) is 9.59 Å². The minimum Gasteiger partial charge on any atom is -0.390 e. The predicted molar refractivity (Wildman–Crippen MR) is 253 cm³/mol. The van der Waals surface area contributed by atoms with E-state index in [0.29, 0.717) is 59.0 Å². The molecule has 10 rings (SSSR count). The number of aliphatic hydroxyl groups is 2. The van der Waals surface area contributed by atoms with Gasteiger partial charge in [-0.25, -0.2) is 4.68 Å². The Hall–Kier alpha value is -2.68. The summed E-state index contributed by atoms with van der Waals surface area (Å²) in [6, 6.07) is 0. The van der Waals surface area contributed by atoms with Crippen LogP contribution in [0.4, 0.5) is 0 Å². The molecule has 2 aromatic heterocycles. The standard InChI is InChI=1S/2C25H40N4O3.2CH4/c1-15-26-27-28-29(15)14-21(30)19-9-8-18-17-7-6-16-13-23(2,31)10-11-24(16,3)20(17)12-22(32-5)25(18,19)4;1-15-26-28-29(27-15)14-21(30)19-9-8-18-17-7-6-16-13-23(2,31)10-11-24(16,3)20(17)12-22(32-5)25(18,19)4;;/h2*16-20,22,31H,6-14H2,1-5H3;2*1H4/t2*16-,17-,18-,19+,20-,22+,23+,24-,25-;;/m00../s1. The molecule has 0 saturated heterocycles. The lowest BCUT2D eigenvalue weighted by atomic mass is 9.43. The number of ether oxygens (including phenoxy) is 2. The van der Waals surface area contributed by atoms with Crippen molar-refractivity contribution in [1.29, 1.82) is 0 Å². The number of fused-ring (bicyclic) bond motifs is 10. The molecule has 8 aliphatic rings. The minimum atomic E-state index is -0.514. The first-order chi connectivity index (χ1) is 30.2. The van der Waals surface area contributed by atoms with Crippen LogP contribution in [-0.2, 0) is 32.2 Å². The second kappa shape index (κ2) is 18.2. The summed E-state index contributed by atoms with van der Waals surface area (Å²) >= 11 is 0. The number of carbonyl (C=O) groups excluding carboxylic acids is 2. The zero-order chi connectivity index (χ0) is 45.8. The highest BCUT2D eigenvalue weighted by Crippen LogP contribution is 2.70. The summed E-state index contributed by atoms with van der Waals surface area (Å²) in [4.78, 5) is 28.4. The van der Waals surface area contributed by atoms with E-state index in [1.54, 1.807) is 11.6 Å². The van der Waals surface area contributed by atoms with Gasteiger partial charge < -0.3 is 19.7 Å². The van der Waals surface area contributed by atoms with Gasteiger partial charge in [0.05, 0.1) is 23.4 Å². The van der Waals surface area contributed by atoms with Gasteiger partial charge >= 0.3 is 0 Å². The van der Waals surface area contributed by atoms with Crippen molar-refractivity contribution >= 4 is 11.6 Å². The molecule has 66 heavy (non-hydrogen) atoms. The first-order valence-electron chi connectivity index (χ1n) is 25.2.